The van der Waals surface area contributed by atoms with Gasteiger partial charge in [-0.05, 0) is 45.8 Å². The van der Waals surface area contributed by atoms with Gasteiger partial charge in [-0.1, -0.05) is 12.1 Å². The summed E-state index contributed by atoms with van der Waals surface area (Å²) < 4.78 is 13.9. The third-order valence-electron chi connectivity index (χ3n) is 3.10. The molecule has 0 atom stereocenters. The van der Waals surface area contributed by atoms with Crippen LogP contribution in [0, 0.1) is 5.82 Å². The molecule has 4 nitrogen and oxygen atoms in total. The number of nitrogen functional groups attached to an aromatic ring is 1. The Labute approximate surface area is 130 Å². The minimum Gasteiger partial charge on any atom is -0.478 e. The molecule has 0 aromatic heterocycles. The first-order valence-electron chi connectivity index (χ1n) is 6.17. The van der Waals surface area contributed by atoms with E-state index in [4.69, 9.17) is 5.73 Å². The number of hydrogen-bond donors (Lipinski definition) is 2. The number of anilines is 2. The predicted molar refractivity (Wildman–Crippen MR) is 84.0 cm³/mol. The van der Waals surface area contributed by atoms with Gasteiger partial charge < -0.3 is 15.7 Å². The summed E-state index contributed by atoms with van der Waals surface area (Å²) in [5.74, 6) is -1.40. The average Bonchev–Trinajstić information content (AvgIpc) is 2.43. The predicted octanol–water partition coefficient (Wildman–Crippen LogP) is 3.51. The van der Waals surface area contributed by atoms with Gasteiger partial charge in [-0.15, -0.1) is 0 Å². The first kappa shape index (κ1) is 15.3. The number of nitrogens with two attached hydrogens (primary N) is 1. The van der Waals surface area contributed by atoms with Crippen molar-refractivity contribution in [3.05, 3.63) is 57.8 Å². The number of carboxylic acids is 1. The Kier molecular flexibility index (Phi) is 4.47. The number of carboxylic acid groups (broad SMARTS) is 1. The molecule has 0 amide bonds. The van der Waals surface area contributed by atoms with Gasteiger partial charge in [0, 0.05) is 19.3 Å². The number of hydrogen-bond acceptors (Lipinski definition) is 3. The maximum atomic E-state index is 13.5. The lowest BCUT2D eigenvalue weighted by molar-refractivity contribution is 0.0697. The van der Waals surface area contributed by atoms with Gasteiger partial charge in [0.2, 0.25) is 0 Å². The van der Waals surface area contributed by atoms with Crippen LogP contribution in [0.15, 0.2) is 40.9 Å². The van der Waals surface area contributed by atoms with Crippen LogP contribution in [0.2, 0.25) is 0 Å². The zero-order chi connectivity index (χ0) is 15.6. The topological polar surface area (TPSA) is 66.6 Å². The van der Waals surface area contributed by atoms with E-state index in [1.807, 2.05) is 0 Å². The lowest BCUT2D eigenvalue weighted by atomic mass is 10.1. The van der Waals surface area contributed by atoms with Crippen LogP contribution in [0.4, 0.5) is 15.8 Å². The van der Waals surface area contributed by atoms with Crippen LogP contribution in [0.25, 0.3) is 0 Å². The van der Waals surface area contributed by atoms with Crippen molar-refractivity contribution in [2.45, 2.75) is 6.54 Å². The smallest absolute Gasteiger partial charge is 0.337 e. The molecule has 0 spiro atoms. The molecule has 2 aromatic rings. The van der Waals surface area contributed by atoms with E-state index in [9.17, 15) is 14.3 Å². The maximum Gasteiger partial charge on any atom is 0.337 e. The molecule has 0 radical (unpaired) electrons. The van der Waals surface area contributed by atoms with Gasteiger partial charge in [-0.3, -0.25) is 0 Å². The highest BCUT2D eigenvalue weighted by Crippen LogP contribution is 2.27. The Morgan fingerprint density at radius 1 is 1.38 bits per heavy atom. The van der Waals surface area contributed by atoms with Crippen LogP contribution >= 0.6 is 15.9 Å². The molecule has 0 heterocycles. The van der Waals surface area contributed by atoms with Crippen molar-refractivity contribution in [2.75, 3.05) is 17.7 Å². The first-order valence-corrected chi connectivity index (χ1v) is 6.96. The minimum absolute atomic E-state index is 0.116. The highest BCUT2D eigenvalue weighted by molar-refractivity contribution is 9.10. The Morgan fingerprint density at radius 3 is 2.76 bits per heavy atom. The van der Waals surface area contributed by atoms with Crippen molar-refractivity contribution in [3.63, 3.8) is 0 Å². The molecule has 0 saturated carbocycles. The molecule has 2 rings (SSSR count). The molecule has 6 heteroatoms. The van der Waals surface area contributed by atoms with E-state index in [-0.39, 0.29) is 11.4 Å². The molecular weight excluding hydrogens is 339 g/mol. The molecular formula is C15H14BrFN2O2. The number of nitrogens with zero attached hydrogens (tertiary/aromatic N) is 1. The van der Waals surface area contributed by atoms with Gasteiger partial charge in [0.05, 0.1) is 15.7 Å². The van der Waals surface area contributed by atoms with Crippen molar-refractivity contribution >= 4 is 33.3 Å². The highest BCUT2D eigenvalue weighted by Gasteiger charge is 2.15. The SMILES string of the molecule is CN(Cc1cccc(F)c1Br)c1ccc(N)cc1C(=O)O. The van der Waals surface area contributed by atoms with Crippen molar-refractivity contribution in [3.8, 4) is 0 Å². The van der Waals surface area contributed by atoms with Crippen LogP contribution in [0.1, 0.15) is 15.9 Å². The molecule has 0 unspecified atom stereocenters. The summed E-state index contributed by atoms with van der Waals surface area (Å²) in [6.45, 7) is 0.364. The summed E-state index contributed by atoms with van der Waals surface area (Å²) in [4.78, 5) is 13.0. The van der Waals surface area contributed by atoms with Crippen LogP contribution in [0.5, 0.6) is 0 Å². The molecule has 110 valence electrons. The fourth-order valence-electron chi connectivity index (χ4n) is 2.07. The molecule has 0 aliphatic rings. The van der Waals surface area contributed by atoms with Gasteiger partial charge in [0.15, 0.2) is 0 Å². The number of benzene rings is 2. The molecule has 21 heavy (non-hydrogen) atoms. The van der Waals surface area contributed by atoms with E-state index < -0.39 is 5.97 Å². The summed E-state index contributed by atoms with van der Waals surface area (Å²) in [5.41, 5.74) is 7.37. The number of carbonyl (C=O) groups is 1. The third kappa shape index (κ3) is 3.33. The third-order valence-corrected chi connectivity index (χ3v) is 3.99. The Morgan fingerprint density at radius 2 is 2.10 bits per heavy atom. The van der Waals surface area contributed by atoms with Crippen LogP contribution in [0.3, 0.4) is 0 Å². The monoisotopic (exact) mass is 352 g/mol. The van der Waals surface area contributed by atoms with Crippen molar-refractivity contribution in [2.24, 2.45) is 0 Å². The summed E-state index contributed by atoms with van der Waals surface area (Å²) in [6, 6.07) is 9.45. The van der Waals surface area contributed by atoms with E-state index in [0.717, 1.165) is 5.56 Å². The number of halogens is 2. The van der Waals surface area contributed by atoms with E-state index in [1.54, 1.807) is 36.2 Å². The molecule has 2 aromatic carbocycles. The molecule has 0 fully saturated rings. The van der Waals surface area contributed by atoms with Gasteiger partial charge in [0.1, 0.15) is 5.82 Å². The maximum absolute atomic E-state index is 13.5. The lowest BCUT2D eigenvalue weighted by Crippen LogP contribution is -2.20. The van der Waals surface area contributed by atoms with Gasteiger partial charge in [-0.25, -0.2) is 9.18 Å². The summed E-state index contributed by atoms with van der Waals surface area (Å²) >= 11 is 3.20. The average molecular weight is 353 g/mol. The van der Waals surface area contributed by atoms with E-state index in [0.29, 0.717) is 22.4 Å². The zero-order valence-corrected chi connectivity index (χ0v) is 12.9. The van der Waals surface area contributed by atoms with Gasteiger partial charge in [-0.2, -0.15) is 0 Å². The molecule has 0 saturated heterocycles. The minimum atomic E-state index is -1.05. The first-order chi connectivity index (χ1) is 9.90. The summed E-state index contributed by atoms with van der Waals surface area (Å²) in [5, 5.41) is 9.25. The molecule has 0 aliphatic heterocycles. The van der Waals surface area contributed by atoms with E-state index in [2.05, 4.69) is 15.9 Å². The fourth-order valence-corrected chi connectivity index (χ4v) is 2.46. The second-order valence-electron chi connectivity index (χ2n) is 4.65. The summed E-state index contributed by atoms with van der Waals surface area (Å²) in [7, 11) is 1.75. The Balaban J connectivity index is 2.34. The Bertz CT molecular complexity index is 691. The zero-order valence-electron chi connectivity index (χ0n) is 11.3. The van der Waals surface area contributed by atoms with Crippen molar-refractivity contribution in [1.29, 1.82) is 0 Å². The second-order valence-corrected chi connectivity index (χ2v) is 5.44. The van der Waals surface area contributed by atoms with Crippen molar-refractivity contribution < 1.29 is 14.3 Å². The fraction of sp³-hybridized carbons (Fsp3) is 0.133. The van der Waals surface area contributed by atoms with E-state index in [1.165, 1.54) is 12.1 Å². The molecule has 3 N–H and O–H groups in total. The standard InChI is InChI=1S/C15H14BrFN2O2/c1-19(8-9-3-2-4-12(17)14(9)16)13-6-5-10(18)7-11(13)15(20)21/h2-7H,8,18H2,1H3,(H,20,21). The van der Waals surface area contributed by atoms with Gasteiger partial charge in [0.25, 0.3) is 0 Å². The Hall–Kier alpha value is -2.08. The largest absolute Gasteiger partial charge is 0.478 e. The highest BCUT2D eigenvalue weighted by atomic mass is 79.9. The summed E-state index contributed by atoms with van der Waals surface area (Å²) in [6.07, 6.45) is 0. The van der Waals surface area contributed by atoms with E-state index >= 15 is 0 Å². The lowest BCUT2D eigenvalue weighted by Gasteiger charge is -2.22. The van der Waals surface area contributed by atoms with Crippen LogP contribution < -0.4 is 10.6 Å². The van der Waals surface area contributed by atoms with Crippen LogP contribution in [-0.4, -0.2) is 18.1 Å². The molecule has 0 aliphatic carbocycles. The molecule has 0 bridgehead atoms. The van der Waals surface area contributed by atoms with Gasteiger partial charge >= 0.3 is 5.97 Å². The quantitative estimate of drug-likeness (QED) is 0.826. The van der Waals surface area contributed by atoms with Crippen molar-refractivity contribution in [1.82, 2.24) is 0 Å². The second kappa shape index (κ2) is 6.13. The van der Waals surface area contributed by atoms with Crippen LogP contribution in [-0.2, 0) is 6.54 Å². The number of rotatable bonds is 4. The number of aromatic carboxylic acids is 1. The normalized spacial score (nSPS) is 10.4.